The third kappa shape index (κ3) is 9.72. The standard InChI is InChI=1S/C36H48N4O6/c1-8-9-17-46-32-16-15-26(22-31(32)41)21-28-36(45)40(7)29(18-23(2)3)33(42)37-27(20-25-13-11-10-12-14-25)35(44)39(6)30(19-24(4)5)34(43)38-28/h9-16,22-24,27-30,41H,1,17-21H2,2-7H3,(H,37,42)(H,38,43). The lowest BCUT2D eigenvalue weighted by Crippen LogP contribution is -2.62. The van der Waals surface area contributed by atoms with Crippen LogP contribution in [0.15, 0.2) is 66.9 Å². The number of rotatable bonds is 11. The second kappa shape index (κ2) is 16.7. The van der Waals surface area contributed by atoms with Crippen LogP contribution in [-0.2, 0) is 32.0 Å². The minimum atomic E-state index is -1.08. The summed E-state index contributed by atoms with van der Waals surface area (Å²) in [5.74, 6) is -1.53. The van der Waals surface area contributed by atoms with Crippen LogP contribution >= 0.6 is 0 Å². The molecule has 0 spiro atoms. The molecule has 10 nitrogen and oxygen atoms in total. The molecule has 248 valence electrons. The Morgan fingerprint density at radius 3 is 1.78 bits per heavy atom. The van der Waals surface area contributed by atoms with Crippen LogP contribution in [0.1, 0.15) is 51.7 Å². The lowest BCUT2D eigenvalue weighted by molar-refractivity contribution is -0.148. The lowest BCUT2D eigenvalue weighted by Gasteiger charge is -2.37. The van der Waals surface area contributed by atoms with Crippen LogP contribution in [0.2, 0.25) is 0 Å². The third-order valence-electron chi connectivity index (χ3n) is 8.07. The number of benzene rings is 2. The van der Waals surface area contributed by atoms with E-state index in [0.717, 1.165) is 5.56 Å². The number of hydrogen-bond donors (Lipinski definition) is 3. The number of ether oxygens (including phenoxy) is 1. The van der Waals surface area contributed by atoms with Crippen molar-refractivity contribution in [2.75, 3.05) is 20.7 Å². The summed E-state index contributed by atoms with van der Waals surface area (Å²) >= 11 is 0. The van der Waals surface area contributed by atoms with Crippen molar-refractivity contribution in [1.29, 1.82) is 0 Å². The summed E-state index contributed by atoms with van der Waals surface area (Å²) in [4.78, 5) is 58.9. The number of phenols is 1. The Kier molecular flexibility index (Phi) is 13.0. The highest BCUT2D eigenvalue weighted by Crippen LogP contribution is 2.28. The molecule has 3 rings (SSSR count). The maximum atomic E-state index is 14.2. The van der Waals surface area contributed by atoms with E-state index in [1.807, 2.05) is 58.0 Å². The van der Waals surface area contributed by atoms with Crippen LogP contribution in [0.3, 0.4) is 0 Å². The first-order valence-electron chi connectivity index (χ1n) is 15.8. The van der Waals surface area contributed by atoms with Crippen molar-refractivity contribution in [3.63, 3.8) is 0 Å². The van der Waals surface area contributed by atoms with Gasteiger partial charge in [0.25, 0.3) is 0 Å². The van der Waals surface area contributed by atoms with Crippen molar-refractivity contribution in [1.82, 2.24) is 20.4 Å². The van der Waals surface area contributed by atoms with Gasteiger partial charge in [0.2, 0.25) is 23.6 Å². The van der Waals surface area contributed by atoms with Gasteiger partial charge in [0.15, 0.2) is 11.5 Å². The Balaban J connectivity index is 2.04. The van der Waals surface area contributed by atoms with Crippen molar-refractivity contribution in [2.45, 2.75) is 77.5 Å². The fourth-order valence-corrected chi connectivity index (χ4v) is 5.60. The molecular weight excluding hydrogens is 584 g/mol. The smallest absolute Gasteiger partial charge is 0.245 e. The Morgan fingerprint density at radius 2 is 1.33 bits per heavy atom. The first-order valence-corrected chi connectivity index (χ1v) is 15.8. The number of amides is 4. The number of nitrogens with one attached hydrogen (secondary N) is 2. The molecule has 4 amide bonds. The van der Waals surface area contributed by atoms with E-state index < -0.39 is 41.9 Å². The number of carbonyl (C=O) groups excluding carboxylic acids is 4. The molecule has 0 radical (unpaired) electrons. The molecule has 10 heteroatoms. The number of phenolic OH excluding ortho intramolecular Hbond substituents is 1. The molecule has 2 aromatic carbocycles. The molecule has 1 aliphatic heterocycles. The maximum Gasteiger partial charge on any atom is 0.245 e. The van der Waals surface area contributed by atoms with Gasteiger partial charge in [-0.1, -0.05) is 70.7 Å². The summed E-state index contributed by atoms with van der Waals surface area (Å²) < 4.78 is 5.52. The minimum Gasteiger partial charge on any atom is -0.504 e. The zero-order valence-electron chi connectivity index (χ0n) is 27.8. The second-order valence-electron chi connectivity index (χ2n) is 12.7. The summed E-state index contributed by atoms with van der Waals surface area (Å²) in [6, 6.07) is 10.3. The SMILES string of the molecule is C=C=CCOc1ccc(CC2NC(=O)C(CC(C)C)N(C)C(=O)C(Cc3ccccc3)NC(=O)C(CC(C)C)N(C)C2=O)cc1O. The molecule has 1 aliphatic rings. The van der Waals surface area contributed by atoms with Gasteiger partial charge in [0.05, 0.1) is 0 Å². The summed E-state index contributed by atoms with van der Waals surface area (Å²) in [6.45, 7) is 11.5. The van der Waals surface area contributed by atoms with E-state index in [-0.39, 0.29) is 48.7 Å². The Hall–Kier alpha value is -4.56. The molecule has 46 heavy (non-hydrogen) atoms. The molecule has 3 N–H and O–H groups in total. The van der Waals surface area contributed by atoms with E-state index in [0.29, 0.717) is 18.4 Å². The van der Waals surface area contributed by atoms with Gasteiger partial charge in [-0.25, -0.2) is 0 Å². The fourth-order valence-electron chi connectivity index (χ4n) is 5.60. The Labute approximate surface area is 272 Å². The molecule has 0 bridgehead atoms. The van der Waals surface area contributed by atoms with Gasteiger partial charge in [-0.3, -0.25) is 19.2 Å². The Bertz CT molecular complexity index is 1410. The van der Waals surface area contributed by atoms with Crippen molar-refractivity contribution in [3.8, 4) is 11.5 Å². The van der Waals surface area contributed by atoms with Gasteiger partial charge < -0.3 is 30.3 Å². The molecule has 4 atom stereocenters. The van der Waals surface area contributed by atoms with Crippen LogP contribution < -0.4 is 15.4 Å². The van der Waals surface area contributed by atoms with Gasteiger partial charge >= 0.3 is 0 Å². The Morgan fingerprint density at radius 1 is 0.826 bits per heavy atom. The number of carbonyl (C=O) groups is 4. The molecule has 1 saturated heterocycles. The quantitative estimate of drug-likeness (QED) is 0.325. The number of nitrogens with zero attached hydrogens (tertiary/aromatic N) is 2. The monoisotopic (exact) mass is 632 g/mol. The molecule has 1 fully saturated rings. The highest BCUT2D eigenvalue weighted by atomic mass is 16.5. The average molecular weight is 633 g/mol. The van der Waals surface area contributed by atoms with Crippen LogP contribution in [0, 0.1) is 11.8 Å². The topological polar surface area (TPSA) is 128 Å². The van der Waals surface area contributed by atoms with Gasteiger partial charge in [0.1, 0.15) is 30.8 Å². The van der Waals surface area contributed by atoms with E-state index in [4.69, 9.17) is 4.74 Å². The van der Waals surface area contributed by atoms with Crippen LogP contribution in [0.25, 0.3) is 0 Å². The van der Waals surface area contributed by atoms with Gasteiger partial charge in [0, 0.05) is 26.9 Å². The van der Waals surface area contributed by atoms with Crippen molar-refractivity contribution >= 4 is 23.6 Å². The minimum absolute atomic E-state index is 0.0357. The van der Waals surface area contributed by atoms with Gasteiger partial charge in [-0.15, -0.1) is 5.73 Å². The summed E-state index contributed by atoms with van der Waals surface area (Å²) in [7, 11) is 3.12. The van der Waals surface area contributed by atoms with E-state index in [2.05, 4.69) is 22.9 Å². The molecule has 0 aromatic heterocycles. The number of hydrogen-bond acceptors (Lipinski definition) is 6. The fraction of sp³-hybridized carbons (Fsp3) is 0.472. The summed E-state index contributed by atoms with van der Waals surface area (Å²) in [5, 5.41) is 16.5. The highest BCUT2D eigenvalue weighted by molar-refractivity contribution is 5.97. The zero-order valence-corrected chi connectivity index (χ0v) is 27.8. The predicted octanol–water partition coefficient (Wildman–Crippen LogP) is 3.63. The molecule has 1 heterocycles. The molecule has 0 aliphatic carbocycles. The molecule has 2 aromatic rings. The lowest BCUT2D eigenvalue weighted by atomic mass is 9.96. The second-order valence-corrected chi connectivity index (χ2v) is 12.7. The van der Waals surface area contributed by atoms with Crippen LogP contribution in [0.5, 0.6) is 11.5 Å². The zero-order chi connectivity index (χ0) is 34.0. The van der Waals surface area contributed by atoms with E-state index in [1.54, 1.807) is 32.3 Å². The van der Waals surface area contributed by atoms with Gasteiger partial charge in [-0.2, -0.15) is 0 Å². The largest absolute Gasteiger partial charge is 0.504 e. The molecule has 0 saturated carbocycles. The van der Waals surface area contributed by atoms with E-state index in [1.165, 1.54) is 15.9 Å². The van der Waals surface area contributed by atoms with Crippen molar-refractivity contribution in [2.24, 2.45) is 11.8 Å². The summed E-state index contributed by atoms with van der Waals surface area (Å²) in [6.07, 6.45) is 2.53. The van der Waals surface area contributed by atoms with Crippen LogP contribution in [-0.4, -0.2) is 83.4 Å². The van der Waals surface area contributed by atoms with E-state index >= 15 is 0 Å². The predicted molar refractivity (Wildman–Crippen MR) is 177 cm³/mol. The summed E-state index contributed by atoms with van der Waals surface area (Å²) in [5.41, 5.74) is 4.03. The highest BCUT2D eigenvalue weighted by Gasteiger charge is 2.39. The normalized spacial score (nSPS) is 21.3. The molecular formula is C36H48N4O6. The number of likely N-dealkylation sites (N-methyl/N-ethyl adjacent to an activating group) is 2. The van der Waals surface area contributed by atoms with Crippen molar-refractivity contribution < 1.29 is 29.0 Å². The third-order valence-corrected chi connectivity index (χ3v) is 8.07. The maximum absolute atomic E-state index is 14.2. The molecule has 4 unspecified atom stereocenters. The van der Waals surface area contributed by atoms with Crippen molar-refractivity contribution in [3.05, 3.63) is 78.0 Å². The average Bonchev–Trinajstić information content (AvgIpc) is 3.01. The number of aromatic hydroxyl groups is 1. The first-order chi connectivity index (χ1) is 21.8. The van der Waals surface area contributed by atoms with Gasteiger partial charge in [-0.05, 0) is 54.0 Å². The van der Waals surface area contributed by atoms with E-state index in [9.17, 15) is 24.3 Å². The first kappa shape index (κ1) is 35.9. The van der Waals surface area contributed by atoms with Crippen LogP contribution in [0.4, 0.5) is 0 Å².